The molecule has 2 rings (SSSR count). The van der Waals surface area contributed by atoms with Gasteiger partial charge in [-0.15, -0.1) is 12.4 Å². The van der Waals surface area contributed by atoms with Gasteiger partial charge in [0.1, 0.15) is 4.90 Å². The molecule has 4 nitrogen and oxygen atoms in total. The normalized spacial score (nSPS) is 20.4. The highest BCUT2D eigenvalue weighted by atomic mass is 79.9. The van der Waals surface area contributed by atoms with Gasteiger partial charge in [-0.3, -0.25) is 0 Å². The highest BCUT2D eigenvalue weighted by molar-refractivity contribution is 9.10. The van der Waals surface area contributed by atoms with Crippen LogP contribution in [0.1, 0.15) is 12.8 Å². The Balaban J connectivity index is 0.00000200. The molecule has 1 fully saturated rings. The maximum atomic E-state index is 12.6. The van der Waals surface area contributed by atoms with E-state index in [0.717, 1.165) is 17.3 Å². The predicted octanol–water partition coefficient (Wildman–Crippen LogP) is 2.88. The van der Waals surface area contributed by atoms with Crippen molar-refractivity contribution in [1.82, 2.24) is 4.31 Å². The summed E-state index contributed by atoms with van der Waals surface area (Å²) in [5.41, 5.74) is 5.64. The number of piperidine rings is 1. The molecule has 1 aromatic rings. The van der Waals surface area contributed by atoms with Crippen LogP contribution in [0.2, 0.25) is 5.02 Å². The second-order valence-electron chi connectivity index (χ2n) is 4.68. The summed E-state index contributed by atoms with van der Waals surface area (Å²) in [7, 11) is -3.53. The van der Waals surface area contributed by atoms with Crippen LogP contribution in [0.15, 0.2) is 27.6 Å². The molecule has 0 radical (unpaired) electrons. The summed E-state index contributed by atoms with van der Waals surface area (Å²) in [6, 6.07) is 4.82. The van der Waals surface area contributed by atoms with Crippen LogP contribution in [-0.2, 0) is 10.0 Å². The zero-order valence-electron chi connectivity index (χ0n) is 10.8. The zero-order valence-corrected chi connectivity index (χ0v) is 14.7. The number of halogens is 3. The van der Waals surface area contributed by atoms with E-state index in [1.54, 1.807) is 12.1 Å². The first-order valence-corrected chi connectivity index (χ1v) is 8.71. The van der Waals surface area contributed by atoms with Gasteiger partial charge < -0.3 is 5.73 Å². The number of nitrogens with zero attached hydrogens (tertiary/aromatic N) is 1. The molecule has 114 valence electrons. The summed E-state index contributed by atoms with van der Waals surface area (Å²) < 4.78 is 27.4. The monoisotopic (exact) mass is 402 g/mol. The van der Waals surface area contributed by atoms with Crippen LogP contribution in [0.25, 0.3) is 0 Å². The fourth-order valence-electron chi connectivity index (χ4n) is 2.26. The van der Waals surface area contributed by atoms with Crippen LogP contribution in [0.3, 0.4) is 0 Å². The van der Waals surface area contributed by atoms with Gasteiger partial charge in [0.2, 0.25) is 10.0 Å². The predicted molar refractivity (Wildman–Crippen MR) is 86.9 cm³/mol. The van der Waals surface area contributed by atoms with Crippen molar-refractivity contribution in [2.24, 2.45) is 11.7 Å². The Kier molecular flexibility index (Phi) is 6.76. The molecule has 1 atom stereocenters. The number of hydrogen-bond donors (Lipinski definition) is 1. The highest BCUT2D eigenvalue weighted by Gasteiger charge is 2.31. The van der Waals surface area contributed by atoms with E-state index < -0.39 is 10.0 Å². The second-order valence-corrected chi connectivity index (χ2v) is 7.91. The van der Waals surface area contributed by atoms with E-state index in [9.17, 15) is 8.42 Å². The molecule has 1 aliphatic heterocycles. The number of nitrogens with two attached hydrogens (primary N) is 1. The molecular weight excluding hydrogens is 387 g/mol. The van der Waals surface area contributed by atoms with Gasteiger partial charge in [-0.1, -0.05) is 27.5 Å². The first kappa shape index (κ1) is 18.2. The molecule has 0 spiro atoms. The van der Waals surface area contributed by atoms with Gasteiger partial charge in [0.15, 0.2) is 0 Å². The minimum absolute atomic E-state index is 0. The first-order valence-electron chi connectivity index (χ1n) is 6.10. The van der Waals surface area contributed by atoms with Gasteiger partial charge in [-0.25, -0.2) is 8.42 Å². The molecule has 1 aromatic carbocycles. The van der Waals surface area contributed by atoms with Gasteiger partial charge in [0, 0.05) is 17.6 Å². The van der Waals surface area contributed by atoms with Gasteiger partial charge >= 0.3 is 0 Å². The Hall–Kier alpha value is 0.150. The molecule has 1 aliphatic rings. The molecule has 1 heterocycles. The second kappa shape index (κ2) is 7.42. The third-order valence-corrected chi connectivity index (χ3v) is 6.17. The Labute approximate surface area is 139 Å². The van der Waals surface area contributed by atoms with Gasteiger partial charge in [-0.2, -0.15) is 4.31 Å². The van der Waals surface area contributed by atoms with Crippen LogP contribution in [0.5, 0.6) is 0 Å². The molecule has 0 amide bonds. The van der Waals surface area contributed by atoms with Crippen molar-refractivity contribution in [3.05, 3.63) is 27.7 Å². The quantitative estimate of drug-likeness (QED) is 0.843. The third kappa shape index (κ3) is 3.87. The van der Waals surface area contributed by atoms with Gasteiger partial charge in [-0.05, 0) is 43.5 Å². The largest absolute Gasteiger partial charge is 0.330 e. The van der Waals surface area contributed by atoms with E-state index >= 15 is 0 Å². The molecule has 20 heavy (non-hydrogen) atoms. The van der Waals surface area contributed by atoms with Gasteiger partial charge in [0.25, 0.3) is 0 Å². The standard InChI is InChI=1S/C12H16BrClN2O2S.ClH/c13-10-3-4-12(11(14)6-10)19(17,18)16-5-1-2-9(7-15)8-16;/h3-4,6,9H,1-2,5,7-8,15H2;1H. The summed E-state index contributed by atoms with van der Waals surface area (Å²) in [6.07, 6.45) is 1.83. The maximum absolute atomic E-state index is 12.6. The van der Waals surface area contributed by atoms with E-state index in [1.807, 2.05) is 0 Å². The summed E-state index contributed by atoms with van der Waals surface area (Å²) in [5, 5.41) is 0.240. The van der Waals surface area contributed by atoms with E-state index in [1.165, 1.54) is 10.4 Å². The summed E-state index contributed by atoms with van der Waals surface area (Å²) in [6.45, 7) is 1.52. The molecule has 0 aromatic heterocycles. The van der Waals surface area contributed by atoms with E-state index in [4.69, 9.17) is 17.3 Å². The maximum Gasteiger partial charge on any atom is 0.244 e. The van der Waals surface area contributed by atoms with E-state index in [-0.39, 0.29) is 28.2 Å². The Bertz CT molecular complexity index is 569. The van der Waals surface area contributed by atoms with Crippen LogP contribution in [0, 0.1) is 5.92 Å². The SMILES string of the molecule is Cl.NCC1CCCN(S(=O)(=O)c2ccc(Br)cc2Cl)C1. The van der Waals surface area contributed by atoms with Crippen molar-refractivity contribution in [1.29, 1.82) is 0 Å². The minimum atomic E-state index is -3.53. The molecule has 0 saturated carbocycles. The number of hydrogen-bond acceptors (Lipinski definition) is 3. The molecular formula is C12H17BrCl2N2O2S. The van der Waals surface area contributed by atoms with Gasteiger partial charge in [0.05, 0.1) is 5.02 Å². The zero-order chi connectivity index (χ0) is 14.0. The minimum Gasteiger partial charge on any atom is -0.330 e. The number of benzene rings is 1. The van der Waals surface area contributed by atoms with Crippen molar-refractivity contribution in [3.8, 4) is 0 Å². The fraction of sp³-hybridized carbons (Fsp3) is 0.500. The lowest BCUT2D eigenvalue weighted by Crippen LogP contribution is -2.42. The van der Waals surface area contributed by atoms with Crippen molar-refractivity contribution in [3.63, 3.8) is 0 Å². The molecule has 0 bridgehead atoms. The lowest BCUT2D eigenvalue weighted by atomic mass is 10.0. The van der Waals surface area contributed by atoms with Crippen molar-refractivity contribution < 1.29 is 8.42 Å². The van der Waals surface area contributed by atoms with Crippen molar-refractivity contribution in [2.45, 2.75) is 17.7 Å². The molecule has 8 heteroatoms. The third-order valence-electron chi connectivity index (χ3n) is 3.33. The highest BCUT2D eigenvalue weighted by Crippen LogP contribution is 2.30. The Morgan fingerprint density at radius 3 is 2.75 bits per heavy atom. The van der Waals surface area contributed by atoms with Crippen LogP contribution < -0.4 is 5.73 Å². The van der Waals surface area contributed by atoms with Crippen molar-refractivity contribution in [2.75, 3.05) is 19.6 Å². The smallest absolute Gasteiger partial charge is 0.244 e. The van der Waals surface area contributed by atoms with E-state index in [2.05, 4.69) is 15.9 Å². The molecule has 1 unspecified atom stereocenters. The Morgan fingerprint density at radius 2 is 2.15 bits per heavy atom. The topological polar surface area (TPSA) is 63.4 Å². The molecule has 1 saturated heterocycles. The number of sulfonamides is 1. The average molecular weight is 404 g/mol. The summed E-state index contributed by atoms with van der Waals surface area (Å²) in [4.78, 5) is 0.162. The summed E-state index contributed by atoms with van der Waals surface area (Å²) >= 11 is 9.31. The lowest BCUT2D eigenvalue weighted by Gasteiger charge is -2.31. The van der Waals surface area contributed by atoms with Crippen molar-refractivity contribution >= 4 is 50.0 Å². The first-order chi connectivity index (χ1) is 8.95. The molecule has 2 N–H and O–H groups in total. The summed E-state index contributed by atoms with van der Waals surface area (Å²) in [5.74, 6) is 0.234. The van der Waals surface area contributed by atoms with Crippen LogP contribution >= 0.6 is 39.9 Å². The fourth-order valence-corrected chi connectivity index (χ4v) is 4.83. The molecule has 0 aliphatic carbocycles. The average Bonchev–Trinajstić information content (AvgIpc) is 2.38. The Morgan fingerprint density at radius 1 is 1.45 bits per heavy atom. The lowest BCUT2D eigenvalue weighted by molar-refractivity contribution is 0.271. The van der Waals surface area contributed by atoms with Crippen LogP contribution in [-0.4, -0.2) is 32.4 Å². The van der Waals surface area contributed by atoms with Crippen LogP contribution in [0.4, 0.5) is 0 Å². The van der Waals surface area contributed by atoms with E-state index in [0.29, 0.717) is 19.6 Å². The number of rotatable bonds is 3.